The highest BCUT2D eigenvalue weighted by Gasteiger charge is 2.25. The molecule has 0 fully saturated rings. The van der Waals surface area contributed by atoms with E-state index >= 15 is 0 Å². The highest BCUT2D eigenvalue weighted by atomic mass is 32.2. The number of aromatic nitrogens is 3. The maximum atomic E-state index is 13.7. The van der Waals surface area contributed by atoms with Crippen LogP contribution < -0.4 is 10.0 Å². The SMILES string of the molecule is CCCCOC(=O)NS(=O)(=O)c1ccc(CC(C)C)cc1-c1ccccc1Cn1c(CCC)nc2c(C)c(NC(=O)CCC)cnc21. The van der Waals surface area contributed by atoms with Crippen LogP contribution in [0.5, 0.6) is 0 Å². The first kappa shape index (κ1) is 35.6. The molecule has 4 rings (SSSR count). The Bertz CT molecular complexity index is 1830. The Morgan fingerprint density at radius 2 is 1.77 bits per heavy atom. The van der Waals surface area contributed by atoms with Crippen LogP contribution in [0.3, 0.4) is 0 Å². The number of rotatable bonds is 15. The van der Waals surface area contributed by atoms with E-state index in [9.17, 15) is 18.0 Å². The van der Waals surface area contributed by atoms with Crippen LogP contribution in [0, 0.1) is 12.8 Å². The van der Waals surface area contributed by atoms with Gasteiger partial charge >= 0.3 is 6.09 Å². The third-order valence-corrected chi connectivity index (χ3v) is 9.25. The van der Waals surface area contributed by atoms with E-state index in [2.05, 4.69) is 35.4 Å². The smallest absolute Gasteiger partial charge is 0.421 e. The van der Waals surface area contributed by atoms with Gasteiger partial charge in [0.25, 0.3) is 10.0 Å². The molecule has 0 bridgehead atoms. The van der Waals surface area contributed by atoms with Gasteiger partial charge in [-0.3, -0.25) is 4.79 Å². The van der Waals surface area contributed by atoms with Crippen LogP contribution in [0.25, 0.3) is 22.3 Å². The molecule has 10 nitrogen and oxygen atoms in total. The zero-order valence-electron chi connectivity index (χ0n) is 28.4. The summed E-state index contributed by atoms with van der Waals surface area (Å²) < 4.78 is 36.6. The van der Waals surface area contributed by atoms with Crippen molar-refractivity contribution >= 4 is 38.9 Å². The quantitative estimate of drug-likeness (QED) is 0.126. The number of hydrogen-bond donors (Lipinski definition) is 2. The molecule has 4 aromatic rings. The second-order valence-electron chi connectivity index (χ2n) is 12.3. The van der Waals surface area contributed by atoms with E-state index in [1.165, 1.54) is 0 Å². The lowest BCUT2D eigenvalue weighted by molar-refractivity contribution is -0.116. The van der Waals surface area contributed by atoms with Crippen LogP contribution in [-0.2, 0) is 38.9 Å². The Balaban J connectivity index is 1.82. The topological polar surface area (TPSA) is 132 Å². The summed E-state index contributed by atoms with van der Waals surface area (Å²) in [5.41, 5.74) is 5.97. The van der Waals surface area contributed by atoms with Crippen LogP contribution in [0.15, 0.2) is 53.6 Å². The van der Waals surface area contributed by atoms with Crippen molar-refractivity contribution < 1.29 is 22.7 Å². The molecule has 0 aliphatic heterocycles. The summed E-state index contributed by atoms with van der Waals surface area (Å²) in [5.74, 6) is 1.14. The predicted octanol–water partition coefficient (Wildman–Crippen LogP) is 7.56. The first-order valence-electron chi connectivity index (χ1n) is 16.5. The Labute approximate surface area is 278 Å². The van der Waals surface area contributed by atoms with Gasteiger partial charge < -0.3 is 14.6 Å². The molecule has 2 N–H and O–H groups in total. The van der Waals surface area contributed by atoms with Crippen molar-refractivity contribution in [1.82, 2.24) is 19.3 Å². The molecule has 11 heteroatoms. The van der Waals surface area contributed by atoms with E-state index in [-0.39, 0.29) is 17.4 Å². The molecular formula is C36H47N5O5S. The molecule has 0 spiro atoms. The summed E-state index contributed by atoms with van der Waals surface area (Å²) in [7, 11) is -4.27. The number of hydrogen-bond acceptors (Lipinski definition) is 7. The molecule has 2 heterocycles. The van der Waals surface area contributed by atoms with Gasteiger partial charge in [-0.15, -0.1) is 0 Å². The summed E-state index contributed by atoms with van der Waals surface area (Å²) in [6.07, 6.45) is 5.65. The number of pyridine rings is 1. The number of imidazole rings is 1. The minimum absolute atomic E-state index is 0.00407. The lowest BCUT2D eigenvalue weighted by Gasteiger charge is -2.18. The molecule has 47 heavy (non-hydrogen) atoms. The third kappa shape index (κ3) is 8.77. The van der Waals surface area contributed by atoms with Crippen molar-refractivity contribution in [2.45, 2.75) is 97.9 Å². The number of anilines is 1. The molecule has 0 aliphatic carbocycles. The van der Waals surface area contributed by atoms with Gasteiger partial charge in [-0.1, -0.05) is 71.4 Å². The number of nitrogens with one attached hydrogen (secondary N) is 2. The van der Waals surface area contributed by atoms with Gasteiger partial charge in [-0.25, -0.2) is 27.9 Å². The van der Waals surface area contributed by atoms with Gasteiger partial charge in [0, 0.05) is 24.0 Å². The summed E-state index contributed by atoms with van der Waals surface area (Å²) in [4.78, 5) is 34.5. The number of unbranched alkanes of at least 4 members (excludes halogenated alkanes) is 1. The Morgan fingerprint density at radius 3 is 2.47 bits per heavy atom. The third-order valence-electron chi connectivity index (χ3n) is 7.88. The zero-order valence-corrected chi connectivity index (χ0v) is 29.2. The average Bonchev–Trinajstić information content (AvgIpc) is 3.36. The molecule has 252 valence electrons. The molecule has 0 atom stereocenters. The Kier molecular flexibility index (Phi) is 12.1. The molecule has 0 saturated carbocycles. The Morgan fingerprint density at radius 1 is 1.00 bits per heavy atom. The van der Waals surface area contributed by atoms with Crippen LogP contribution in [0.2, 0.25) is 0 Å². The summed E-state index contributed by atoms with van der Waals surface area (Å²) in [6, 6.07) is 13.0. The van der Waals surface area contributed by atoms with E-state index in [0.29, 0.717) is 54.1 Å². The van der Waals surface area contributed by atoms with Gasteiger partial charge in [-0.2, -0.15) is 0 Å². The average molecular weight is 662 g/mol. The zero-order chi connectivity index (χ0) is 34.1. The highest BCUT2D eigenvalue weighted by Crippen LogP contribution is 2.34. The summed E-state index contributed by atoms with van der Waals surface area (Å²) in [6.45, 7) is 12.7. The maximum Gasteiger partial charge on any atom is 0.421 e. The van der Waals surface area contributed by atoms with Gasteiger partial charge in [-0.05, 0) is 67.3 Å². The number of nitrogens with zero attached hydrogens (tertiary/aromatic N) is 3. The Hall–Kier alpha value is -4.25. The van der Waals surface area contributed by atoms with E-state index in [1.807, 2.05) is 51.1 Å². The number of benzene rings is 2. The number of carbonyl (C=O) groups is 2. The predicted molar refractivity (Wildman–Crippen MR) is 186 cm³/mol. The number of amides is 2. The van der Waals surface area contributed by atoms with E-state index in [4.69, 9.17) is 14.7 Å². The molecule has 2 aromatic carbocycles. The van der Waals surface area contributed by atoms with Crippen molar-refractivity contribution in [3.05, 3.63) is 71.2 Å². The second kappa shape index (κ2) is 16.0. The maximum absolute atomic E-state index is 13.7. The van der Waals surface area contributed by atoms with Crippen molar-refractivity contribution in [3.8, 4) is 11.1 Å². The summed E-state index contributed by atoms with van der Waals surface area (Å²) >= 11 is 0. The number of carbonyl (C=O) groups excluding carboxylic acids is 2. The lowest BCUT2D eigenvalue weighted by Crippen LogP contribution is -2.31. The number of sulfonamides is 1. The van der Waals surface area contributed by atoms with Gasteiger partial charge in [0.1, 0.15) is 11.3 Å². The number of aryl methyl sites for hydroxylation is 2. The minimum Gasteiger partial charge on any atom is -0.449 e. The van der Waals surface area contributed by atoms with Gasteiger partial charge in [0.15, 0.2) is 5.65 Å². The molecule has 2 amide bonds. The minimum atomic E-state index is -4.27. The molecule has 0 unspecified atom stereocenters. The van der Waals surface area contributed by atoms with Crippen LogP contribution >= 0.6 is 0 Å². The molecule has 0 aliphatic rings. The molecule has 0 saturated heterocycles. The largest absolute Gasteiger partial charge is 0.449 e. The second-order valence-corrected chi connectivity index (χ2v) is 14.0. The number of ether oxygens (including phenoxy) is 1. The highest BCUT2D eigenvalue weighted by molar-refractivity contribution is 7.90. The van der Waals surface area contributed by atoms with Crippen LogP contribution in [0.1, 0.15) is 89.2 Å². The van der Waals surface area contributed by atoms with Crippen LogP contribution in [-0.4, -0.2) is 41.6 Å². The molecular weight excluding hydrogens is 614 g/mol. The monoisotopic (exact) mass is 661 g/mol. The van der Waals surface area contributed by atoms with Crippen molar-refractivity contribution in [2.75, 3.05) is 11.9 Å². The first-order chi connectivity index (χ1) is 22.5. The van der Waals surface area contributed by atoms with Gasteiger partial charge in [0.05, 0.1) is 29.9 Å². The standard InChI is InChI=1S/C36H47N5O5S/c1-7-10-19-46-36(43)40-47(44,45)31-18-17-26(20-24(4)5)21-29(31)28-16-12-11-15-27(28)23-41-32(13-8-2)39-34-25(6)30(22-37-35(34)41)38-33(42)14-9-3/h11-12,15-18,21-22,24H,7-10,13-14,19-20,23H2,1-6H3,(H,38,42)(H,40,43). The normalized spacial score (nSPS) is 11.6. The van der Waals surface area contributed by atoms with Crippen molar-refractivity contribution in [1.29, 1.82) is 0 Å². The van der Waals surface area contributed by atoms with E-state index in [1.54, 1.807) is 18.3 Å². The van der Waals surface area contributed by atoms with Crippen molar-refractivity contribution in [3.63, 3.8) is 0 Å². The van der Waals surface area contributed by atoms with E-state index < -0.39 is 16.1 Å². The van der Waals surface area contributed by atoms with Gasteiger partial charge in [0.2, 0.25) is 5.91 Å². The first-order valence-corrected chi connectivity index (χ1v) is 18.0. The number of fused-ring (bicyclic) bond motifs is 1. The van der Waals surface area contributed by atoms with E-state index in [0.717, 1.165) is 53.8 Å². The fraction of sp³-hybridized carbons (Fsp3) is 0.444. The summed E-state index contributed by atoms with van der Waals surface area (Å²) in [5, 5.41) is 2.96. The van der Waals surface area contributed by atoms with Crippen molar-refractivity contribution in [2.24, 2.45) is 5.92 Å². The fourth-order valence-electron chi connectivity index (χ4n) is 5.58. The molecule has 0 radical (unpaired) electrons. The van der Waals surface area contributed by atoms with Crippen LogP contribution in [0.4, 0.5) is 10.5 Å². The molecule has 2 aromatic heterocycles. The fourth-order valence-corrected chi connectivity index (χ4v) is 6.68. The lowest BCUT2D eigenvalue weighted by atomic mass is 9.95.